The van der Waals surface area contributed by atoms with Crippen LogP contribution in [-0.2, 0) is 7.05 Å². The number of hydrogen-bond donors (Lipinski definition) is 1. The average Bonchev–Trinajstić information content (AvgIpc) is 2.83. The fraction of sp³-hybridized carbons (Fsp3) is 0.812. The van der Waals surface area contributed by atoms with E-state index in [-0.39, 0.29) is 0 Å². The molecule has 0 aliphatic heterocycles. The standard InChI is InChI=1S/C16H31N3O/c1-6-9-10-13(8-3)15(17-11-7-2)16-14(20-5)12-18-19(16)4/h12-13,15,17H,6-11H2,1-5H3. The number of aryl methyl sites for hydroxylation is 1. The van der Waals surface area contributed by atoms with Crippen molar-refractivity contribution in [3.8, 4) is 5.75 Å². The summed E-state index contributed by atoms with van der Waals surface area (Å²) in [5.74, 6) is 1.53. The highest BCUT2D eigenvalue weighted by Crippen LogP contribution is 2.34. The maximum atomic E-state index is 5.50. The summed E-state index contributed by atoms with van der Waals surface area (Å²) >= 11 is 0. The Balaban J connectivity index is 2.99. The zero-order valence-electron chi connectivity index (χ0n) is 13.8. The minimum Gasteiger partial charge on any atom is -0.493 e. The van der Waals surface area contributed by atoms with E-state index in [1.807, 2.05) is 17.9 Å². The molecule has 1 heterocycles. The Hall–Kier alpha value is -1.03. The second-order valence-corrected chi connectivity index (χ2v) is 5.46. The van der Waals surface area contributed by atoms with E-state index in [2.05, 4.69) is 31.2 Å². The van der Waals surface area contributed by atoms with E-state index in [9.17, 15) is 0 Å². The molecule has 4 heteroatoms. The van der Waals surface area contributed by atoms with Crippen LogP contribution in [0.3, 0.4) is 0 Å². The molecule has 0 aromatic carbocycles. The van der Waals surface area contributed by atoms with Crippen LogP contribution in [0, 0.1) is 5.92 Å². The van der Waals surface area contributed by atoms with E-state index >= 15 is 0 Å². The zero-order chi connectivity index (χ0) is 15.0. The molecule has 1 aromatic heterocycles. The monoisotopic (exact) mass is 281 g/mol. The SMILES string of the molecule is CCCCC(CC)C(NCCC)c1c(OC)cnn1C. The minimum atomic E-state index is 0.328. The topological polar surface area (TPSA) is 39.1 Å². The van der Waals surface area contributed by atoms with Crippen molar-refractivity contribution < 1.29 is 4.74 Å². The number of unbranched alkanes of at least 4 members (excludes halogenated alkanes) is 1. The largest absolute Gasteiger partial charge is 0.493 e. The van der Waals surface area contributed by atoms with Gasteiger partial charge in [0.25, 0.3) is 0 Å². The van der Waals surface area contributed by atoms with Gasteiger partial charge in [-0.25, -0.2) is 0 Å². The van der Waals surface area contributed by atoms with Gasteiger partial charge in [-0.3, -0.25) is 4.68 Å². The van der Waals surface area contributed by atoms with E-state index in [4.69, 9.17) is 4.74 Å². The summed E-state index contributed by atoms with van der Waals surface area (Å²) in [5.41, 5.74) is 1.18. The van der Waals surface area contributed by atoms with Gasteiger partial charge in [0, 0.05) is 7.05 Å². The molecular formula is C16H31N3O. The maximum absolute atomic E-state index is 5.50. The fourth-order valence-electron chi connectivity index (χ4n) is 2.80. The Labute approximate surface area is 123 Å². The molecule has 0 aliphatic rings. The minimum absolute atomic E-state index is 0.328. The fourth-order valence-corrected chi connectivity index (χ4v) is 2.80. The van der Waals surface area contributed by atoms with Gasteiger partial charge in [-0.1, -0.05) is 40.0 Å². The summed E-state index contributed by atoms with van der Waals surface area (Å²) in [6.07, 6.45) is 7.92. The van der Waals surface area contributed by atoms with Gasteiger partial charge in [0.1, 0.15) is 0 Å². The van der Waals surface area contributed by atoms with Gasteiger partial charge in [-0.05, 0) is 25.3 Å². The second-order valence-electron chi connectivity index (χ2n) is 5.46. The zero-order valence-corrected chi connectivity index (χ0v) is 13.8. The Morgan fingerprint density at radius 3 is 2.60 bits per heavy atom. The van der Waals surface area contributed by atoms with E-state index in [0.29, 0.717) is 12.0 Å². The third-order valence-electron chi connectivity index (χ3n) is 4.00. The van der Waals surface area contributed by atoms with Crippen LogP contribution in [0.2, 0.25) is 0 Å². The Bertz CT molecular complexity index is 376. The molecule has 116 valence electrons. The molecule has 0 spiro atoms. The Kier molecular flexibility index (Phi) is 7.67. The van der Waals surface area contributed by atoms with E-state index in [1.165, 1.54) is 31.4 Å². The highest BCUT2D eigenvalue weighted by Gasteiger charge is 2.26. The van der Waals surface area contributed by atoms with Crippen molar-refractivity contribution in [2.45, 2.75) is 58.9 Å². The molecule has 0 saturated carbocycles. The molecule has 1 rings (SSSR count). The first kappa shape index (κ1) is 17.0. The normalized spacial score (nSPS) is 14.2. The van der Waals surface area contributed by atoms with E-state index in [0.717, 1.165) is 18.7 Å². The first-order valence-electron chi connectivity index (χ1n) is 7.98. The molecule has 2 atom stereocenters. The third kappa shape index (κ3) is 4.23. The van der Waals surface area contributed by atoms with E-state index in [1.54, 1.807) is 7.11 Å². The molecule has 0 aliphatic carbocycles. The van der Waals surface area contributed by atoms with E-state index < -0.39 is 0 Å². The molecule has 0 radical (unpaired) electrons. The van der Waals surface area contributed by atoms with Crippen LogP contribution in [0.25, 0.3) is 0 Å². The molecule has 4 nitrogen and oxygen atoms in total. The van der Waals surface area contributed by atoms with Crippen molar-refractivity contribution in [1.29, 1.82) is 0 Å². The van der Waals surface area contributed by atoms with Gasteiger partial charge in [0.05, 0.1) is 25.0 Å². The van der Waals surface area contributed by atoms with Crippen LogP contribution < -0.4 is 10.1 Å². The number of rotatable bonds is 10. The van der Waals surface area contributed by atoms with Crippen LogP contribution in [0.15, 0.2) is 6.20 Å². The molecule has 20 heavy (non-hydrogen) atoms. The summed E-state index contributed by atoms with van der Waals surface area (Å²) in [6, 6.07) is 0.328. The molecule has 0 fully saturated rings. The number of hydrogen-bond acceptors (Lipinski definition) is 3. The lowest BCUT2D eigenvalue weighted by Gasteiger charge is -2.28. The van der Waals surface area contributed by atoms with Crippen LogP contribution in [0.1, 0.15) is 64.6 Å². The number of aromatic nitrogens is 2. The number of nitrogens with zero attached hydrogens (tertiary/aromatic N) is 2. The maximum Gasteiger partial charge on any atom is 0.161 e. The van der Waals surface area contributed by atoms with Crippen molar-refractivity contribution in [3.05, 3.63) is 11.9 Å². The smallest absolute Gasteiger partial charge is 0.161 e. The van der Waals surface area contributed by atoms with Crippen molar-refractivity contribution in [1.82, 2.24) is 15.1 Å². The molecule has 0 amide bonds. The Morgan fingerprint density at radius 2 is 2.05 bits per heavy atom. The lowest BCUT2D eigenvalue weighted by molar-refractivity contribution is 0.299. The molecule has 2 unspecified atom stereocenters. The predicted molar refractivity (Wildman–Crippen MR) is 84.1 cm³/mol. The quantitative estimate of drug-likeness (QED) is 0.711. The lowest BCUT2D eigenvalue weighted by Crippen LogP contribution is -2.31. The lowest BCUT2D eigenvalue weighted by atomic mass is 9.89. The van der Waals surface area contributed by atoms with Crippen LogP contribution in [0.5, 0.6) is 5.75 Å². The summed E-state index contributed by atoms with van der Waals surface area (Å²) in [4.78, 5) is 0. The van der Waals surface area contributed by atoms with Crippen molar-refractivity contribution in [3.63, 3.8) is 0 Å². The number of methoxy groups -OCH3 is 1. The summed E-state index contributed by atoms with van der Waals surface area (Å²) in [7, 11) is 3.73. The number of nitrogens with one attached hydrogen (secondary N) is 1. The summed E-state index contributed by atoms with van der Waals surface area (Å²) in [6.45, 7) is 7.77. The molecular weight excluding hydrogens is 250 g/mol. The van der Waals surface area contributed by atoms with Gasteiger partial charge in [0.15, 0.2) is 5.75 Å². The highest BCUT2D eigenvalue weighted by molar-refractivity contribution is 5.28. The van der Waals surface area contributed by atoms with Gasteiger partial charge < -0.3 is 10.1 Å². The molecule has 1 aromatic rings. The number of ether oxygens (including phenoxy) is 1. The summed E-state index contributed by atoms with van der Waals surface area (Å²) < 4.78 is 7.46. The second kappa shape index (κ2) is 9.01. The van der Waals surface area contributed by atoms with Crippen LogP contribution in [0.4, 0.5) is 0 Å². The van der Waals surface area contributed by atoms with Gasteiger partial charge >= 0.3 is 0 Å². The molecule has 1 N–H and O–H groups in total. The highest BCUT2D eigenvalue weighted by atomic mass is 16.5. The van der Waals surface area contributed by atoms with Gasteiger partial charge in [-0.15, -0.1) is 0 Å². The summed E-state index contributed by atoms with van der Waals surface area (Å²) in [5, 5.41) is 8.07. The first-order valence-corrected chi connectivity index (χ1v) is 7.98. The van der Waals surface area contributed by atoms with Crippen LogP contribution in [-0.4, -0.2) is 23.4 Å². The van der Waals surface area contributed by atoms with Gasteiger partial charge in [-0.2, -0.15) is 5.10 Å². The van der Waals surface area contributed by atoms with Crippen LogP contribution >= 0.6 is 0 Å². The molecule has 0 bridgehead atoms. The van der Waals surface area contributed by atoms with Crippen molar-refractivity contribution >= 4 is 0 Å². The Morgan fingerprint density at radius 1 is 1.30 bits per heavy atom. The van der Waals surface area contributed by atoms with Crippen molar-refractivity contribution in [2.75, 3.05) is 13.7 Å². The van der Waals surface area contributed by atoms with Crippen molar-refractivity contribution in [2.24, 2.45) is 13.0 Å². The molecule has 0 saturated heterocycles. The van der Waals surface area contributed by atoms with Gasteiger partial charge in [0.2, 0.25) is 0 Å². The predicted octanol–water partition coefficient (Wildman–Crippen LogP) is 3.69. The first-order chi connectivity index (χ1) is 9.69. The average molecular weight is 281 g/mol. The third-order valence-corrected chi connectivity index (χ3v) is 4.00.